The minimum absolute atomic E-state index is 0.0753. The lowest BCUT2D eigenvalue weighted by molar-refractivity contribution is -0.114. The fourth-order valence-electron chi connectivity index (χ4n) is 3.67. The summed E-state index contributed by atoms with van der Waals surface area (Å²) in [7, 11) is 0. The second-order valence-corrected chi connectivity index (χ2v) is 7.90. The highest BCUT2D eigenvalue weighted by molar-refractivity contribution is 7.08. The number of carbonyl (C=O) groups excluding carboxylic acids is 1. The van der Waals surface area contributed by atoms with E-state index in [0.717, 1.165) is 21.9 Å². The van der Waals surface area contributed by atoms with Crippen LogP contribution < -0.4 is 5.32 Å². The average Bonchev–Trinajstić information content (AvgIpc) is 3.43. The first-order valence-electron chi connectivity index (χ1n) is 9.73. The van der Waals surface area contributed by atoms with Crippen molar-refractivity contribution in [3.05, 3.63) is 77.5 Å². The first-order valence-corrected chi connectivity index (χ1v) is 10.7. The molecule has 0 aliphatic rings. The van der Waals surface area contributed by atoms with Crippen LogP contribution in [-0.2, 0) is 4.79 Å². The summed E-state index contributed by atoms with van der Waals surface area (Å²) < 4.78 is 5.90. The van der Waals surface area contributed by atoms with Gasteiger partial charge in [0.05, 0.1) is 5.56 Å². The number of nitrogens with one attached hydrogen (secondary N) is 1. The van der Waals surface area contributed by atoms with Crippen LogP contribution in [0.4, 0.5) is 5.88 Å². The molecule has 5 aromatic rings. The van der Waals surface area contributed by atoms with Gasteiger partial charge in [0.1, 0.15) is 11.4 Å². The Morgan fingerprint density at radius 2 is 1.71 bits per heavy atom. The number of phenolic OH excluding ortho intramolecular Hbond substituents is 1. The quantitative estimate of drug-likeness (QED) is 0.341. The van der Waals surface area contributed by atoms with Crippen LogP contribution in [0.2, 0.25) is 0 Å². The summed E-state index contributed by atoms with van der Waals surface area (Å²) in [6.45, 7) is 1.41. The molecule has 2 N–H and O–H groups in total. The third-order valence-corrected chi connectivity index (χ3v) is 5.74. The van der Waals surface area contributed by atoms with Crippen molar-refractivity contribution in [3.63, 3.8) is 0 Å². The third kappa shape index (κ3) is 3.47. The van der Waals surface area contributed by atoms with Crippen molar-refractivity contribution in [2.75, 3.05) is 5.32 Å². The number of carbonyl (C=O) groups is 1. The summed E-state index contributed by atoms with van der Waals surface area (Å²) >= 11 is 1.53. The van der Waals surface area contributed by atoms with E-state index in [-0.39, 0.29) is 23.4 Å². The van der Waals surface area contributed by atoms with Gasteiger partial charge in [0, 0.05) is 23.4 Å². The highest BCUT2D eigenvalue weighted by Crippen LogP contribution is 2.42. The van der Waals surface area contributed by atoms with E-state index in [0.29, 0.717) is 16.8 Å². The van der Waals surface area contributed by atoms with Gasteiger partial charge < -0.3 is 9.52 Å². The number of amides is 1. The molecule has 0 unspecified atom stereocenters. The van der Waals surface area contributed by atoms with Crippen molar-refractivity contribution < 1.29 is 14.3 Å². The van der Waals surface area contributed by atoms with E-state index in [1.807, 2.05) is 71.4 Å². The number of phenols is 1. The SMILES string of the molecule is CC(=O)Nc1oc(-c2cccc(-c3cccc4ccccc34)c2O)nc1-c1ccsc1. The molecule has 1 amide bonds. The monoisotopic (exact) mass is 426 g/mol. The van der Waals surface area contributed by atoms with Gasteiger partial charge in [0.2, 0.25) is 17.7 Å². The zero-order valence-electron chi connectivity index (χ0n) is 16.6. The Morgan fingerprint density at radius 1 is 0.968 bits per heavy atom. The highest BCUT2D eigenvalue weighted by atomic mass is 32.1. The fourth-order valence-corrected chi connectivity index (χ4v) is 4.31. The van der Waals surface area contributed by atoms with Crippen molar-refractivity contribution in [1.82, 2.24) is 4.98 Å². The zero-order chi connectivity index (χ0) is 21.4. The topological polar surface area (TPSA) is 75.4 Å². The molecular weight excluding hydrogens is 408 g/mol. The number of rotatable bonds is 4. The largest absolute Gasteiger partial charge is 0.506 e. The van der Waals surface area contributed by atoms with Gasteiger partial charge in [-0.25, -0.2) is 4.98 Å². The molecule has 0 fully saturated rings. The molecule has 0 spiro atoms. The maximum atomic E-state index is 11.7. The predicted octanol–water partition coefficient (Wildman–Crippen LogP) is 6.55. The zero-order valence-corrected chi connectivity index (χ0v) is 17.4. The Hall–Kier alpha value is -3.90. The van der Waals surface area contributed by atoms with E-state index in [4.69, 9.17) is 4.42 Å². The van der Waals surface area contributed by atoms with Crippen LogP contribution >= 0.6 is 11.3 Å². The number of hydrogen-bond acceptors (Lipinski definition) is 5. The van der Waals surface area contributed by atoms with Crippen LogP contribution in [0.3, 0.4) is 0 Å². The number of para-hydroxylation sites is 1. The Bertz CT molecular complexity index is 1400. The van der Waals surface area contributed by atoms with E-state index >= 15 is 0 Å². The number of aromatic nitrogens is 1. The van der Waals surface area contributed by atoms with E-state index in [1.165, 1.54) is 18.3 Å². The molecule has 0 atom stereocenters. The third-order valence-electron chi connectivity index (χ3n) is 5.06. The van der Waals surface area contributed by atoms with Gasteiger partial charge in [-0.05, 0) is 33.8 Å². The first kappa shape index (κ1) is 19.1. The molecule has 0 bridgehead atoms. The van der Waals surface area contributed by atoms with Gasteiger partial charge in [-0.1, -0.05) is 54.6 Å². The molecule has 0 aliphatic heterocycles. The van der Waals surface area contributed by atoms with Crippen LogP contribution in [0.1, 0.15) is 6.92 Å². The Kier molecular flexibility index (Phi) is 4.76. The number of anilines is 1. The maximum absolute atomic E-state index is 11.7. The van der Waals surface area contributed by atoms with Crippen LogP contribution in [-0.4, -0.2) is 16.0 Å². The molecule has 0 saturated carbocycles. The summed E-state index contributed by atoms with van der Waals surface area (Å²) in [5.74, 6) is 0.319. The number of fused-ring (bicyclic) bond motifs is 1. The van der Waals surface area contributed by atoms with Crippen LogP contribution in [0.15, 0.2) is 81.9 Å². The fraction of sp³-hybridized carbons (Fsp3) is 0.0400. The van der Waals surface area contributed by atoms with E-state index in [9.17, 15) is 9.90 Å². The summed E-state index contributed by atoms with van der Waals surface area (Å²) in [6.07, 6.45) is 0. The van der Waals surface area contributed by atoms with Crippen LogP contribution in [0, 0.1) is 0 Å². The number of benzene rings is 3. The van der Waals surface area contributed by atoms with Gasteiger partial charge in [0.25, 0.3) is 0 Å². The van der Waals surface area contributed by atoms with Gasteiger partial charge in [-0.2, -0.15) is 11.3 Å². The second-order valence-electron chi connectivity index (χ2n) is 7.12. The van der Waals surface area contributed by atoms with E-state index < -0.39 is 0 Å². The number of aromatic hydroxyl groups is 1. The Balaban J connectivity index is 1.67. The van der Waals surface area contributed by atoms with Crippen molar-refractivity contribution in [1.29, 1.82) is 0 Å². The van der Waals surface area contributed by atoms with Crippen LogP contribution in [0.5, 0.6) is 5.75 Å². The van der Waals surface area contributed by atoms with Crippen molar-refractivity contribution in [2.24, 2.45) is 0 Å². The smallest absolute Gasteiger partial charge is 0.233 e. The van der Waals surface area contributed by atoms with E-state index in [2.05, 4.69) is 10.3 Å². The lowest BCUT2D eigenvalue weighted by Gasteiger charge is -2.11. The average molecular weight is 426 g/mol. The first-order chi connectivity index (χ1) is 15.1. The Morgan fingerprint density at radius 3 is 2.52 bits per heavy atom. The number of nitrogens with zero attached hydrogens (tertiary/aromatic N) is 1. The molecule has 0 radical (unpaired) electrons. The second kappa shape index (κ2) is 7.74. The van der Waals surface area contributed by atoms with Crippen LogP contribution in [0.25, 0.3) is 44.6 Å². The number of hydrogen-bond donors (Lipinski definition) is 2. The number of thiophene rings is 1. The van der Waals surface area contributed by atoms with Crippen molar-refractivity contribution in [3.8, 4) is 39.6 Å². The summed E-state index contributed by atoms with van der Waals surface area (Å²) in [5.41, 5.74) is 3.43. The van der Waals surface area contributed by atoms with Crippen molar-refractivity contribution >= 4 is 33.9 Å². The molecule has 0 saturated heterocycles. The van der Waals surface area contributed by atoms with Gasteiger partial charge >= 0.3 is 0 Å². The molecular formula is C25H18N2O3S. The summed E-state index contributed by atoms with van der Waals surface area (Å²) in [5, 5.41) is 19.9. The molecule has 2 aromatic heterocycles. The molecule has 5 rings (SSSR count). The minimum Gasteiger partial charge on any atom is -0.506 e. The highest BCUT2D eigenvalue weighted by Gasteiger charge is 2.21. The molecule has 31 heavy (non-hydrogen) atoms. The number of oxazole rings is 1. The van der Waals surface area contributed by atoms with E-state index in [1.54, 1.807) is 6.07 Å². The molecule has 3 aromatic carbocycles. The van der Waals surface area contributed by atoms with Gasteiger partial charge in [-0.15, -0.1) is 0 Å². The molecule has 6 heteroatoms. The normalized spacial score (nSPS) is 11.0. The van der Waals surface area contributed by atoms with Gasteiger partial charge in [-0.3, -0.25) is 10.1 Å². The minimum atomic E-state index is -0.257. The van der Waals surface area contributed by atoms with Crippen molar-refractivity contribution in [2.45, 2.75) is 6.92 Å². The summed E-state index contributed by atoms with van der Waals surface area (Å²) in [4.78, 5) is 16.3. The lowest BCUT2D eigenvalue weighted by Crippen LogP contribution is -2.05. The van der Waals surface area contributed by atoms with Gasteiger partial charge in [0.15, 0.2) is 0 Å². The molecule has 0 aliphatic carbocycles. The molecule has 152 valence electrons. The standard InChI is InChI=1S/C25H18N2O3S/c1-15(28)26-25-22(17-12-13-31-14-17)27-24(30-25)21-11-5-10-20(23(21)29)19-9-4-7-16-6-2-3-8-18(16)19/h2-14,29H,1H3,(H,26,28). The predicted molar refractivity (Wildman–Crippen MR) is 124 cm³/mol. The molecule has 2 heterocycles. The summed E-state index contributed by atoms with van der Waals surface area (Å²) in [6, 6.07) is 21.4. The lowest BCUT2D eigenvalue weighted by atomic mass is 9.96. The maximum Gasteiger partial charge on any atom is 0.233 e. The molecule has 5 nitrogen and oxygen atoms in total. The Labute approximate surface area is 182 Å².